The van der Waals surface area contributed by atoms with Crippen molar-refractivity contribution in [2.75, 3.05) is 12.0 Å². The number of aromatic nitrogens is 1. The van der Waals surface area contributed by atoms with E-state index in [0.29, 0.717) is 16.9 Å². The van der Waals surface area contributed by atoms with Gasteiger partial charge in [0.05, 0.1) is 17.7 Å². The average molecular weight is 555 g/mol. The summed E-state index contributed by atoms with van der Waals surface area (Å²) in [5, 5.41) is 5.43. The monoisotopic (exact) mass is 554 g/mol. The number of anilines is 1. The molecule has 0 spiro atoms. The van der Waals surface area contributed by atoms with Gasteiger partial charge in [-0.1, -0.05) is 17.7 Å². The molecule has 2 aliphatic rings. The van der Waals surface area contributed by atoms with Crippen molar-refractivity contribution in [1.29, 1.82) is 0 Å². The lowest BCUT2D eigenvalue weighted by Gasteiger charge is -2.40. The third kappa shape index (κ3) is 5.41. The summed E-state index contributed by atoms with van der Waals surface area (Å²) in [5.74, 6) is -0.550. The average Bonchev–Trinajstić information content (AvgIpc) is 3.20. The number of carbonyl (C=O) groups excluding carboxylic acids is 2. The highest BCUT2D eigenvalue weighted by Crippen LogP contribution is 2.38. The number of hydrogen-bond acceptors (Lipinski definition) is 5. The molecule has 2 saturated heterocycles. The fraction of sp³-hybridized carbons (Fsp3) is 0.345. The first-order chi connectivity index (χ1) is 18.8. The quantitative estimate of drug-likeness (QED) is 0.393. The Morgan fingerprint density at radius 3 is 2.44 bits per heavy atom. The van der Waals surface area contributed by atoms with Crippen LogP contribution < -0.4 is 20.3 Å². The predicted octanol–water partition coefficient (Wildman–Crippen LogP) is 5.19. The molecular weight excluding hydrogens is 526 g/mol. The number of halogens is 3. The second-order valence-electron chi connectivity index (χ2n) is 9.98. The van der Waals surface area contributed by atoms with E-state index < -0.39 is 17.5 Å². The van der Waals surface area contributed by atoms with E-state index in [9.17, 15) is 18.4 Å². The molecule has 2 aromatic carbocycles. The Bertz CT molecular complexity index is 1390. The molecule has 39 heavy (non-hydrogen) atoms. The van der Waals surface area contributed by atoms with Crippen LogP contribution in [0, 0.1) is 18.6 Å². The normalized spacial score (nSPS) is 20.0. The van der Waals surface area contributed by atoms with Gasteiger partial charge in [-0.15, -0.1) is 0 Å². The number of nitrogens with one attached hydrogen (secondary N) is 2. The van der Waals surface area contributed by atoms with Gasteiger partial charge in [0.15, 0.2) is 0 Å². The molecule has 0 saturated carbocycles. The Morgan fingerprint density at radius 2 is 1.77 bits per heavy atom. The molecule has 3 aromatic rings. The van der Waals surface area contributed by atoms with Crippen molar-refractivity contribution in [1.82, 2.24) is 15.6 Å². The summed E-state index contributed by atoms with van der Waals surface area (Å²) in [6.45, 7) is 1.63. The second kappa shape index (κ2) is 11.2. The molecule has 0 aliphatic carbocycles. The van der Waals surface area contributed by atoms with E-state index in [0.717, 1.165) is 49.2 Å². The summed E-state index contributed by atoms with van der Waals surface area (Å²) >= 11 is 5.84. The molecule has 0 radical (unpaired) electrons. The van der Waals surface area contributed by atoms with Gasteiger partial charge in [0, 0.05) is 47.6 Å². The summed E-state index contributed by atoms with van der Waals surface area (Å²) in [7, 11) is 1.59. The Kier molecular flexibility index (Phi) is 7.70. The highest BCUT2D eigenvalue weighted by atomic mass is 35.5. The van der Waals surface area contributed by atoms with Gasteiger partial charge < -0.3 is 20.3 Å². The molecule has 2 bridgehead atoms. The number of carbonyl (C=O) groups is 2. The third-order valence-corrected chi connectivity index (χ3v) is 8.06. The van der Waals surface area contributed by atoms with Crippen molar-refractivity contribution in [2.45, 2.75) is 57.3 Å². The number of rotatable bonds is 7. The smallest absolute Gasteiger partial charge is 0.253 e. The summed E-state index contributed by atoms with van der Waals surface area (Å²) in [5.41, 5.74) is 1.62. The fourth-order valence-electron chi connectivity index (χ4n) is 5.69. The standard InChI is InChI=1S/C29H29ClF2N4O3/c1-16-21(4-3-5-25(16)39-2)29(38)35-18-12-19-7-8-20(13-18)36(19)26-11-6-17(14-33-26)28(37)34-15-22-23(31)9-10-24(32)27(22)30/h3-6,9-11,14,18-20H,7-8,12-13,15H2,1-2H3,(H,34,37)(H,35,38)/t18?,19-,20+. The topological polar surface area (TPSA) is 83.6 Å². The van der Waals surface area contributed by atoms with Crippen LogP contribution >= 0.6 is 11.6 Å². The molecule has 3 atom stereocenters. The zero-order valence-electron chi connectivity index (χ0n) is 21.6. The molecule has 204 valence electrons. The maximum Gasteiger partial charge on any atom is 0.253 e. The molecule has 2 amide bonds. The van der Waals surface area contributed by atoms with Gasteiger partial charge in [-0.3, -0.25) is 9.59 Å². The third-order valence-electron chi connectivity index (χ3n) is 7.66. The Labute approximate surface area is 230 Å². The molecule has 1 unspecified atom stereocenters. The highest BCUT2D eigenvalue weighted by Gasteiger charge is 2.42. The highest BCUT2D eigenvalue weighted by molar-refractivity contribution is 6.31. The Hall–Kier alpha value is -3.72. The van der Waals surface area contributed by atoms with Crippen LogP contribution in [0.2, 0.25) is 5.02 Å². The minimum Gasteiger partial charge on any atom is -0.496 e. The van der Waals surface area contributed by atoms with E-state index in [2.05, 4.69) is 20.5 Å². The van der Waals surface area contributed by atoms with Crippen molar-refractivity contribution < 1.29 is 23.1 Å². The first-order valence-corrected chi connectivity index (χ1v) is 13.2. The van der Waals surface area contributed by atoms with Crippen molar-refractivity contribution >= 4 is 29.2 Å². The first-order valence-electron chi connectivity index (χ1n) is 12.9. The largest absolute Gasteiger partial charge is 0.496 e. The molecule has 3 heterocycles. The zero-order valence-corrected chi connectivity index (χ0v) is 22.4. The number of pyridine rings is 1. The minimum atomic E-state index is -0.748. The number of methoxy groups -OCH3 is 1. The van der Waals surface area contributed by atoms with Gasteiger partial charge in [-0.05, 0) is 69.0 Å². The van der Waals surface area contributed by atoms with Gasteiger partial charge in [0.1, 0.15) is 23.2 Å². The lowest BCUT2D eigenvalue weighted by molar-refractivity contribution is 0.0923. The molecule has 5 rings (SSSR count). The Morgan fingerprint density at radius 1 is 1.05 bits per heavy atom. The lowest BCUT2D eigenvalue weighted by Crippen LogP contribution is -2.50. The molecule has 2 N–H and O–H groups in total. The molecule has 7 nitrogen and oxygen atoms in total. The number of nitrogens with zero attached hydrogens (tertiary/aromatic N) is 2. The summed E-state index contributed by atoms with van der Waals surface area (Å²) in [6, 6.07) is 11.4. The minimum absolute atomic E-state index is 0.0527. The molecule has 2 fully saturated rings. The van der Waals surface area contributed by atoms with Gasteiger partial charge in [-0.2, -0.15) is 0 Å². The SMILES string of the molecule is COc1cccc(C(=O)NC2C[C@H]3CC[C@@H](C2)N3c2ccc(C(=O)NCc3c(F)ccc(F)c3Cl)cn2)c1C. The summed E-state index contributed by atoms with van der Waals surface area (Å²) in [4.78, 5) is 32.4. The van der Waals surface area contributed by atoms with E-state index in [4.69, 9.17) is 16.3 Å². The first kappa shape index (κ1) is 26.9. The van der Waals surface area contributed by atoms with Crippen LogP contribution in [0.4, 0.5) is 14.6 Å². The van der Waals surface area contributed by atoms with E-state index in [1.165, 1.54) is 6.20 Å². The van der Waals surface area contributed by atoms with E-state index in [-0.39, 0.29) is 41.2 Å². The molecule has 10 heteroatoms. The van der Waals surface area contributed by atoms with Crippen LogP contribution in [0.5, 0.6) is 5.75 Å². The predicted molar refractivity (Wildman–Crippen MR) is 144 cm³/mol. The van der Waals surface area contributed by atoms with Crippen molar-refractivity contribution in [2.24, 2.45) is 0 Å². The van der Waals surface area contributed by atoms with Crippen LogP contribution in [0.3, 0.4) is 0 Å². The number of piperidine rings is 1. The molecule has 1 aromatic heterocycles. The van der Waals surface area contributed by atoms with Crippen LogP contribution in [0.15, 0.2) is 48.7 Å². The number of hydrogen-bond donors (Lipinski definition) is 2. The van der Waals surface area contributed by atoms with Gasteiger partial charge in [0.2, 0.25) is 0 Å². The lowest BCUT2D eigenvalue weighted by atomic mass is 9.96. The van der Waals surface area contributed by atoms with E-state index >= 15 is 0 Å². The maximum atomic E-state index is 14.0. The van der Waals surface area contributed by atoms with Crippen LogP contribution in [0.1, 0.15) is 57.5 Å². The van der Waals surface area contributed by atoms with Gasteiger partial charge in [0.25, 0.3) is 11.8 Å². The second-order valence-corrected chi connectivity index (χ2v) is 10.4. The molecule has 2 aliphatic heterocycles. The van der Waals surface area contributed by atoms with Gasteiger partial charge in [-0.25, -0.2) is 13.8 Å². The maximum absolute atomic E-state index is 14.0. The van der Waals surface area contributed by atoms with E-state index in [1.807, 2.05) is 25.1 Å². The number of benzene rings is 2. The van der Waals surface area contributed by atoms with Crippen molar-refractivity contribution in [3.63, 3.8) is 0 Å². The van der Waals surface area contributed by atoms with Crippen LogP contribution in [-0.2, 0) is 6.54 Å². The molecular formula is C29H29ClF2N4O3. The van der Waals surface area contributed by atoms with E-state index in [1.54, 1.807) is 19.2 Å². The van der Waals surface area contributed by atoms with Crippen LogP contribution in [0.25, 0.3) is 0 Å². The van der Waals surface area contributed by atoms with Crippen LogP contribution in [-0.4, -0.2) is 42.0 Å². The summed E-state index contributed by atoms with van der Waals surface area (Å²) in [6.07, 6.45) is 5.08. The van der Waals surface area contributed by atoms with Crippen molar-refractivity contribution in [3.8, 4) is 5.75 Å². The number of fused-ring (bicyclic) bond motifs is 2. The van der Waals surface area contributed by atoms with Gasteiger partial charge >= 0.3 is 0 Å². The fourth-order valence-corrected chi connectivity index (χ4v) is 5.91. The number of ether oxygens (including phenoxy) is 1. The Balaban J connectivity index is 1.21. The zero-order chi connectivity index (χ0) is 27.7. The van der Waals surface area contributed by atoms with Crippen molar-refractivity contribution in [3.05, 3.63) is 87.6 Å². The summed E-state index contributed by atoms with van der Waals surface area (Å²) < 4.78 is 33.0. The number of amides is 2.